The second kappa shape index (κ2) is 30.1. The molecule has 2 saturated heterocycles. The first kappa shape index (κ1) is 59.4. The monoisotopic (exact) mass is 1070 g/mol. The topological polar surface area (TPSA) is 444 Å². The first-order chi connectivity index (χ1) is 35.2. The Balaban J connectivity index is 1.68. The Kier molecular flexibility index (Phi) is 24.2. The van der Waals surface area contributed by atoms with Crippen molar-refractivity contribution >= 4 is 86.6 Å². The van der Waals surface area contributed by atoms with E-state index >= 15 is 0 Å². The molecule has 4 rings (SSSR count). The lowest BCUT2D eigenvalue weighted by atomic mass is 10.0. The lowest BCUT2D eigenvalue weighted by Gasteiger charge is -2.31. The molecular formula is C46H66N14O12S2. The Morgan fingerprint density at radius 1 is 0.784 bits per heavy atom. The van der Waals surface area contributed by atoms with E-state index in [4.69, 9.17) is 39.1 Å². The molecule has 2 aromatic carbocycles. The molecule has 0 bridgehead atoms. The molecule has 0 unspecified atom stereocenters. The number of aromatic hydroxyl groups is 1. The molecule has 10 amide bonds. The molecule has 0 saturated carbocycles. The summed E-state index contributed by atoms with van der Waals surface area (Å²) in [4.78, 5) is 139. The van der Waals surface area contributed by atoms with E-state index in [-0.39, 0.29) is 81.4 Å². The molecule has 2 aromatic rings. The molecule has 8 atom stereocenters. The number of nitrogens with one attached hydrogen (secondary N) is 6. The Hall–Kier alpha value is -7.17. The predicted molar refractivity (Wildman–Crippen MR) is 273 cm³/mol. The van der Waals surface area contributed by atoms with Crippen molar-refractivity contribution in [1.82, 2.24) is 36.8 Å². The number of carbonyl (C=O) groups excluding carboxylic acids is 10. The van der Waals surface area contributed by atoms with E-state index in [0.29, 0.717) is 17.5 Å². The van der Waals surface area contributed by atoms with Gasteiger partial charge in [0.15, 0.2) is 5.96 Å². The molecule has 0 spiro atoms. The Bertz CT molecular complexity index is 2330. The zero-order chi connectivity index (χ0) is 54.3. The Morgan fingerprint density at radius 3 is 2.11 bits per heavy atom. The van der Waals surface area contributed by atoms with Crippen molar-refractivity contribution in [3.63, 3.8) is 0 Å². The van der Waals surface area contributed by atoms with Crippen LogP contribution in [0.4, 0.5) is 0 Å². The zero-order valence-electron chi connectivity index (χ0n) is 40.5. The van der Waals surface area contributed by atoms with Gasteiger partial charge in [-0.15, -0.1) is 0 Å². The van der Waals surface area contributed by atoms with E-state index in [1.54, 1.807) is 42.5 Å². The number of primary amides is 3. The summed E-state index contributed by atoms with van der Waals surface area (Å²) in [6.45, 7) is -0.652. The smallest absolute Gasteiger partial charge is 0.250 e. The number of guanidine groups is 1. The molecule has 0 aliphatic carbocycles. The summed E-state index contributed by atoms with van der Waals surface area (Å²) in [7, 11) is 2.12. The Morgan fingerprint density at radius 2 is 1.45 bits per heavy atom. The highest BCUT2D eigenvalue weighted by Gasteiger charge is 2.40. The average Bonchev–Trinajstić information content (AvgIpc) is 3.85. The van der Waals surface area contributed by atoms with Gasteiger partial charge in [0.25, 0.3) is 0 Å². The SMILES string of the molecule is NC(=O)CC[C@@H]1NC(=O)[C@H](Cc2ccccc2)OC[C@H](Cc2ccc(O)cc2)NC(=O)[C@@H](N)CSSC[C@@H](C(=O)N2CCC[C@H]2C(=O)N[C@@H](CCCN=C(N)N)C(=O)NCC(N)=O)NC(=O)[C@H](CC(N)=O)NC1=O. The van der Waals surface area contributed by atoms with Gasteiger partial charge in [0.1, 0.15) is 42.1 Å². The highest BCUT2D eigenvalue weighted by molar-refractivity contribution is 8.76. The van der Waals surface area contributed by atoms with E-state index < -0.39 is 127 Å². The number of phenols is 1. The predicted octanol–water partition coefficient (Wildman–Crippen LogP) is -4.50. The molecule has 0 aromatic heterocycles. The lowest BCUT2D eigenvalue weighted by molar-refractivity contribution is -0.142. The molecule has 2 heterocycles. The minimum absolute atomic E-state index is 0.00812. The van der Waals surface area contributed by atoms with E-state index in [2.05, 4.69) is 36.9 Å². The van der Waals surface area contributed by atoms with Crippen LogP contribution in [-0.4, -0.2) is 161 Å². The standard InChI is InChI=1S/C46H66N14O12S2/c47-29-23-73-74-24-33(45(71)60-17-5-9-34(60)43(69)56-30(8-4-16-53-46(51)52)40(66)54-21-38(50)64)59-42(68)32(20-37(49)63)58-41(67)31(14-15-36(48)62)57-44(70)35(19-25-6-2-1-3-7-25)72-22-27(55-39(29)65)18-26-10-12-28(61)13-11-26/h1-3,6-7,10-13,27,29-35,61H,4-5,8-9,14-24,47H2,(H2,48,62)(H2,49,63)(H2,50,64)(H,54,66)(H,55,65)(H,56,69)(H,57,70)(H,58,67)(H,59,68)(H4,51,52,53)/t27-,29-,30-,31-,32-,33-,34-,35-/m0/s1. The largest absolute Gasteiger partial charge is 0.508 e. The third kappa shape index (κ3) is 20.4. The van der Waals surface area contributed by atoms with Gasteiger partial charge in [0, 0.05) is 37.4 Å². The molecule has 0 radical (unpaired) electrons. The van der Waals surface area contributed by atoms with Gasteiger partial charge in [-0.3, -0.25) is 52.9 Å². The van der Waals surface area contributed by atoms with Crippen LogP contribution >= 0.6 is 21.6 Å². The lowest BCUT2D eigenvalue weighted by Crippen LogP contribution is -2.60. The molecule has 2 aliphatic rings. The van der Waals surface area contributed by atoms with Crippen molar-refractivity contribution in [1.29, 1.82) is 0 Å². The van der Waals surface area contributed by atoms with Gasteiger partial charge in [-0.1, -0.05) is 64.1 Å². The maximum atomic E-state index is 14.6. The highest BCUT2D eigenvalue weighted by Crippen LogP contribution is 2.26. The first-order valence-corrected chi connectivity index (χ1v) is 26.1. The van der Waals surface area contributed by atoms with Crippen molar-refractivity contribution in [2.45, 2.75) is 106 Å². The summed E-state index contributed by atoms with van der Waals surface area (Å²) < 4.78 is 6.22. The maximum absolute atomic E-state index is 14.6. The zero-order valence-corrected chi connectivity index (χ0v) is 42.2. The molecule has 74 heavy (non-hydrogen) atoms. The number of aliphatic imine (C=N–C) groups is 1. The fourth-order valence-electron chi connectivity index (χ4n) is 7.77. The number of nitrogens with two attached hydrogens (primary N) is 6. The van der Waals surface area contributed by atoms with Crippen molar-refractivity contribution in [2.24, 2.45) is 39.4 Å². The van der Waals surface area contributed by atoms with E-state index in [9.17, 15) is 53.1 Å². The number of benzene rings is 2. The van der Waals surface area contributed by atoms with E-state index in [1.165, 1.54) is 17.0 Å². The quantitative estimate of drug-likeness (QED) is 0.0273. The molecule has 19 N–H and O–H groups in total. The second-order valence-electron chi connectivity index (χ2n) is 17.5. The van der Waals surface area contributed by atoms with Gasteiger partial charge >= 0.3 is 0 Å². The van der Waals surface area contributed by atoms with Crippen LogP contribution in [0.1, 0.15) is 56.1 Å². The number of hydrogen-bond acceptors (Lipinski definition) is 16. The minimum atomic E-state index is -1.75. The molecule has 26 nitrogen and oxygen atoms in total. The van der Waals surface area contributed by atoms with Crippen LogP contribution in [0.25, 0.3) is 0 Å². The number of likely N-dealkylation sites (tertiary alicyclic amines) is 1. The summed E-state index contributed by atoms with van der Waals surface area (Å²) in [6, 6.07) is 5.84. The summed E-state index contributed by atoms with van der Waals surface area (Å²) in [5, 5.41) is 25.4. The van der Waals surface area contributed by atoms with Crippen molar-refractivity contribution in [2.75, 3.05) is 37.7 Å². The van der Waals surface area contributed by atoms with Crippen LogP contribution in [0.5, 0.6) is 5.75 Å². The third-order valence-electron chi connectivity index (χ3n) is 11.5. The summed E-state index contributed by atoms with van der Waals surface area (Å²) in [5.74, 6) is -8.92. The first-order valence-electron chi connectivity index (χ1n) is 23.6. The van der Waals surface area contributed by atoms with Crippen molar-refractivity contribution in [3.8, 4) is 5.75 Å². The molecular weight excluding hydrogens is 1000 g/mol. The molecule has 2 fully saturated rings. The van der Waals surface area contributed by atoms with Crippen LogP contribution < -0.4 is 66.3 Å². The minimum Gasteiger partial charge on any atom is -0.508 e. The van der Waals surface area contributed by atoms with Gasteiger partial charge in [-0.2, -0.15) is 0 Å². The number of ether oxygens (including phenoxy) is 1. The number of phenolic OH excluding ortho intramolecular Hbond substituents is 1. The van der Waals surface area contributed by atoms with Crippen LogP contribution in [0.15, 0.2) is 59.6 Å². The number of hydrogen-bond donors (Lipinski definition) is 13. The number of rotatable bonds is 19. The van der Waals surface area contributed by atoms with Crippen LogP contribution in [0, 0.1) is 0 Å². The number of amides is 10. The average molecular weight is 1070 g/mol. The fraction of sp³-hybridized carbons (Fsp3) is 0.500. The molecule has 404 valence electrons. The highest BCUT2D eigenvalue weighted by atomic mass is 33.1. The number of nitrogens with zero attached hydrogens (tertiary/aromatic N) is 2. The fourth-order valence-corrected chi connectivity index (χ4v) is 10.0. The van der Waals surface area contributed by atoms with Gasteiger partial charge in [-0.05, 0) is 61.8 Å². The summed E-state index contributed by atoms with van der Waals surface area (Å²) in [6.07, 6.45) is -2.07. The molecule has 2 aliphatic heterocycles. The summed E-state index contributed by atoms with van der Waals surface area (Å²) in [5.41, 5.74) is 34.8. The normalized spacial score (nSPS) is 22.8. The Labute approximate surface area is 434 Å². The van der Waals surface area contributed by atoms with Crippen molar-refractivity contribution < 1.29 is 57.8 Å². The van der Waals surface area contributed by atoms with Crippen molar-refractivity contribution in [3.05, 3.63) is 65.7 Å². The van der Waals surface area contributed by atoms with Gasteiger partial charge in [0.05, 0.1) is 31.7 Å². The number of carbonyl (C=O) groups is 10. The third-order valence-corrected chi connectivity index (χ3v) is 14.0. The van der Waals surface area contributed by atoms with Crippen LogP contribution in [0.2, 0.25) is 0 Å². The summed E-state index contributed by atoms with van der Waals surface area (Å²) >= 11 is 0. The van der Waals surface area contributed by atoms with Crippen LogP contribution in [0.3, 0.4) is 0 Å². The van der Waals surface area contributed by atoms with Crippen LogP contribution in [-0.2, 0) is 65.5 Å². The van der Waals surface area contributed by atoms with E-state index in [0.717, 1.165) is 21.6 Å². The maximum Gasteiger partial charge on any atom is 0.250 e. The second-order valence-corrected chi connectivity index (χ2v) is 20.1. The van der Waals surface area contributed by atoms with E-state index in [1.807, 2.05) is 0 Å². The van der Waals surface area contributed by atoms with Gasteiger partial charge in [-0.25, -0.2) is 0 Å². The van der Waals surface area contributed by atoms with Gasteiger partial charge in [0.2, 0.25) is 59.1 Å². The molecule has 28 heteroatoms. The van der Waals surface area contributed by atoms with Gasteiger partial charge < -0.3 is 81.0 Å².